The first kappa shape index (κ1) is 11.0. The van der Waals surface area contributed by atoms with Crippen LogP contribution in [-0.2, 0) is 6.54 Å². The Bertz CT molecular complexity index is 576. The second-order valence-electron chi connectivity index (χ2n) is 3.36. The predicted molar refractivity (Wildman–Crippen MR) is 58.6 cm³/mol. The average Bonchev–Trinajstić information content (AvgIpc) is 2.97. The van der Waals surface area contributed by atoms with Crippen LogP contribution in [0.15, 0.2) is 35.1 Å². The Hall–Kier alpha value is -2.52. The number of nitrogen functional groups attached to an aromatic ring is 1. The zero-order chi connectivity index (χ0) is 12.3. The highest BCUT2D eigenvalue weighted by molar-refractivity contribution is 5.94. The summed E-state index contributed by atoms with van der Waals surface area (Å²) < 4.78 is 6.90. The van der Waals surface area contributed by atoms with Crippen molar-refractivity contribution in [3.63, 3.8) is 0 Å². The molecule has 0 radical (unpaired) electrons. The van der Waals surface area contributed by atoms with Gasteiger partial charge in [-0.3, -0.25) is 10.2 Å². The van der Waals surface area contributed by atoms with Crippen molar-refractivity contribution < 1.29 is 9.21 Å². The van der Waals surface area contributed by atoms with Gasteiger partial charge < -0.3 is 8.98 Å². The molecule has 0 aromatic carbocycles. The summed E-state index contributed by atoms with van der Waals surface area (Å²) >= 11 is 0. The SMILES string of the molecule is N#Cc1cccn1Cc1occc1C(=O)NN. The number of furan rings is 1. The molecule has 0 fully saturated rings. The molecular weight excluding hydrogens is 220 g/mol. The molecule has 0 atom stereocenters. The fourth-order valence-corrected chi connectivity index (χ4v) is 1.55. The highest BCUT2D eigenvalue weighted by atomic mass is 16.3. The van der Waals surface area contributed by atoms with E-state index in [1.165, 1.54) is 12.3 Å². The summed E-state index contributed by atoms with van der Waals surface area (Å²) in [6.07, 6.45) is 3.15. The number of carbonyl (C=O) groups excluding carboxylic acids is 1. The van der Waals surface area contributed by atoms with Gasteiger partial charge >= 0.3 is 0 Å². The fourth-order valence-electron chi connectivity index (χ4n) is 1.55. The molecule has 0 spiro atoms. The number of rotatable bonds is 3. The van der Waals surface area contributed by atoms with Gasteiger partial charge in [0, 0.05) is 6.20 Å². The number of hydrogen-bond acceptors (Lipinski definition) is 4. The van der Waals surface area contributed by atoms with Crippen LogP contribution in [0.25, 0.3) is 0 Å². The minimum absolute atomic E-state index is 0.311. The second-order valence-corrected chi connectivity index (χ2v) is 3.36. The summed E-state index contributed by atoms with van der Waals surface area (Å²) in [5.74, 6) is 5.10. The van der Waals surface area contributed by atoms with Crippen LogP contribution >= 0.6 is 0 Å². The number of nitriles is 1. The molecule has 0 saturated carbocycles. The number of nitrogens with two attached hydrogens (primary N) is 1. The van der Waals surface area contributed by atoms with Crippen molar-refractivity contribution in [2.24, 2.45) is 5.84 Å². The molecule has 1 amide bonds. The lowest BCUT2D eigenvalue weighted by Gasteiger charge is -2.04. The van der Waals surface area contributed by atoms with Gasteiger partial charge in [0.15, 0.2) is 0 Å². The monoisotopic (exact) mass is 230 g/mol. The molecule has 0 bridgehead atoms. The molecule has 0 saturated heterocycles. The van der Waals surface area contributed by atoms with E-state index in [4.69, 9.17) is 15.5 Å². The number of aromatic nitrogens is 1. The summed E-state index contributed by atoms with van der Waals surface area (Å²) in [6.45, 7) is 0.311. The fraction of sp³-hybridized carbons (Fsp3) is 0.0909. The number of nitrogens with zero attached hydrogens (tertiary/aromatic N) is 2. The zero-order valence-electron chi connectivity index (χ0n) is 8.88. The average molecular weight is 230 g/mol. The van der Waals surface area contributed by atoms with E-state index < -0.39 is 5.91 Å². The summed E-state index contributed by atoms with van der Waals surface area (Å²) in [7, 11) is 0. The first-order valence-electron chi connectivity index (χ1n) is 4.89. The molecule has 6 heteroatoms. The first-order valence-corrected chi connectivity index (χ1v) is 4.89. The molecule has 17 heavy (non-hydrogen) atoms. The van der Waals surface area contributed by atoms with E-state index >= 15 is 0 Å². The van der Waals surface area contributed by atoms with Gasteiger partial charge in [-0.2, -0.15) is 5.26 Å². The Labute approximate surface area is 97.2 Å². The lowest BCUT2D eigenvalue weighted by atomic mass is 10.2. The van der Waals surface area contributed by atoms with E-state index in [2.05, 4.69) is 0 Å². The molecule has 86 valence electrons. The first-order chi connectivity index (χ1) is 8.26. The third-order valence-electron chi connectivity index (χ3n) is 2.38. The standard InChI is InChI=1S/C11H10N4O2/c12-6-8-2-1-4-15(8)7-10-9(3-5-17-10)11(16)14-13/h1-5H,7,13H2,(H,14,16). The number of nitrogens with one attached hydrogen (secondary N) is 1. The topological polar surface area (TPSA) is 97.0 Å². The van der Waals surface area contributed by atoms with Gasteiger partial charge in [-0.1, -0.05) is 0 Å². The highest BCUT2D eigenvalue weighted by Crippen LogP contribution is 2.13. The van der Waals surface area contributed by atoms with Gasteiger partial charge in [0.05, 0.1) is 18.4 Å². The van der Waals surface area contributed by atoms with E-state index in [0.717, 1.165) is 0 Å². The van der Waals surface area contributed by atoms with E-state index in [1.807, 2.05) is 11.5 Å². The van der Waals surface area contributed by atoms with Gasteiger partial charge in [0.1, 0.15) is 17.5 Å². The van der Waals surface area contributed by atoms with Crippen LogP contribution in [0.1, 0.15) is 21.8 Å². The molecule has 2 rings (SSSR count). The molecule has 0 aliphatic carbocycles. The van der Waals surface area contributed by atoms with Gasteiger partial charge in [-0.25, -0.2) is 5.84 Å². The molecule has 0 unspecified atom stereocenters. The third-order valence-corrected chi connectivity index (χ3v) is 2.38. The van der Waals surface area contributed by atoms with Crippen molar-refractivity contribution in [1.82, 2.24) is 9.99 Å². The summed E-state index contributed by atoms with van der Waals surface area (Å²) in [5.41, 5.74) is 2.91. The van der Waals surface area contributed by atoms with E-state index in [9.17, 15) is 4.79 Å². The number of amides is 1. The van der Waals surface area contributed by atoms with Crippen molar-refractivity contribution in [2.45, 2.75) is 6.54 Å². The van der Waals surface area contributed by atoms with Crippen LogP contribution in [-0.4, -0.2) is 10.5 Å². The van der Waals surface area contributed by atoms with E-state index in [1.54, 1.807) is 22.9 Å². The molecule has 0 aliphatic heterocycles. The van der Waals surface area contributed by atoms with E-state index in [0.29, 0.717) is 23.6 Å². The predicted octanol–water partition coefficient (Wildman–Crippen LogP) is 0.605. The lowest BCUT2D eigenvalue weighted by Crippen LogP contribution is -2.30. The van der Waals surface area contributed by atoms with Crippen LogP contribution in [0, 0.1) is 11.3 Å². The minimum atomic E-state index is -0.417. The largest absolute Gasteiger partial charge is 0.467 e. The molecule has 2 heterocycles. The Morgan fingerprint density at radius 3 is 3.12 bits per heavy atom. The Balaban J connectivity index is 2.29. The molecule has 3 N–H and O–H groups in total. The summed E-state index contributed by atoms with van der Waals surface area (Å²) in [4.78, 5) is 11.4. The van der Waals surface area contributed by atoms with Crippen molar-refractivity contribution in [2.75, 3.05) is 0 Å². The van der Waals surface area contributed by atoms with Gasteiger partial charge in [-0.05, 0) is 18.2 Å². The molecule has 2 aromatic rings. The van der Waals surface area contributed by atoms with Crippen molar-refractivity contribution >= 4 is 5.91 Å². The Morgan fingerprint density at radius 1 is 1.59 bits per heavy atom. The minimum Gasteiger partial charge on any atom is -0.467 e. The van der Waals surface area contributed by atoms with Crippen molar-refractivity contribution in [3.05, 3.63) is 47.7 Å². The van der Waals surface area contributed by atoms with Crippen LogP contribution < -0.4 is 11.3 Å². The maximum absolute atomic E-state index is 11.4. The second kappa shape index (κ2) is 4.55. The maximum Gasteiger partial charge on any atom is 0.268 e. The van der Waals surface area contributed by atoms with Gasteiger partial charge in [0.25, 0.3) is 5.91 Å². The van der Waals surface area contributed by atoms with Crippen LogP contribution in [0.5, 0.6) is 0 Å². The molecule has 2 aromatic heterocycles. The molecular formula is C11H10N4O2. The van der Waals surface area contributed by atoms with Crippen molar-refractivity contribution in [1.29, 1.82) is 5.26 Å². The van der Waals surface area contributed by atoms with Gasteiger partial charge in [-0.15, -0.1) is 0 Å². The zero-order valence-corrected chi connectivity index (χ0v) is 8.88. The Kier molecular flexibility index (Phi) is 2.94. The lowest BCUT2D eigenvalue weighted by molar-refractivity contribution is 0.0951. The number of hydrogen-bond donors (Lipinski definition) is 2. The van der Waals surface area contributed by atoms with E-state index in [-0.39, 0.29) is 0 Å². The van der Waals surface area contributed by atoms with Crippen LogP contribution in [0.2, 0.25) is 0 Å². The molecule has 6 nitrogen and oxygen atoms in total. The highest BCUT2D eigenvalue weighted by Gasteiger charge is 2.14. The van der Waals surface area contributed by atoms with Crippen LogP contribution in [0.4, 0.5) is 0 Å². The number of hydrazine groups is 1. The number of carbonyl (C=O) groups is 1. The normalized spacial score (nSPS) is 9.88. The van der Waals surface area contributed by atoms with Gasteiger partial charge in [0.2, 0.25) is 0 Å². The molecule has 0 aliphatic rings. The van der Waals surface area contributed by atoms with Crippen molar-refractivity contribution in [3.8, 4) is 6.07 Å². The smallest absolute Gasteiger partial charge is 0.268 e. The quantitative estimate of drug-likeness (QED) is 0.458. The summed E-state index contributed by atoms with van der Waals surface area (Å²) in [6, 6.07) is 7.02. The third kappa shape index (κ3) is 2.04. The van der Waals surface area contributed by atoms with Crippen LogP contribution in [0.3, 0.4) is 0 Å². The Morgan fingerprint density at radius 2 is 2.41 bits per heavy atom. The maximum atomic E-state index is 11.4. The summed E-state index contributed by atoms with van der Waals surface area (Å²) in [5, 5.41) is 8.86.